The first kappa shape index (κ1) is 18.6. The third-order valence-corrected chi connectivity index (χ3v) is 4.98. The molecule has 0 amide bonds. The van der Waals surface area contributed by atoms with Gasteiger partial charge in [0.05, 0.1) is 14.2 Å². The molecule has 5 heteroatoms. The van der Waals surface area contributed by atoms with Gasteiger partial charge in [-0.2, -0.15) is 0 Å². The zero-order valence-corrected chi connectivity index (χ0v) is 14.7. The van der Waals surface area contributed by atoms with Crippen LogP contribution in [0.25, 0.3) is 0 Å². The standard InChI is InChI=1S/C17H26O4P/c1-4-5-6-7-8-9-13-22(19)17(18)16-14(20-2)11-10-12-15(16)21-3/h10-12H,4-9,13H2,1-3H3. The molecule has 0 spiro atoms. The number of carbonyl (C=O) groups excluding carboxylic acids is 1. The third kappa shape index (κ3) is 5.42. The van der Waals surface area contributed by atoms with E-state index in [0.29, 0.717) is 23.2 Å². The molecule has 0 aliphatic carbocycles. The molecule has 0 aliphatic rings. The van der Waals surface area contributed by atoms with Gasteiger partial charge in [0.2, 0.25) is 5.52 Å². The highest BCUT2D eigenvalue weighted by Crippen LogP contribution is 2.37. The minimum atomic E-state index is -1.94. The Morgan fingerprint density at radius 1 is 1.00 bits per heavy atom. The predicted octanol–water partition coefficient (Wildman–Crippen LogP) is 5.03. The Bertz CT molecular complexity index is 477. The highest BCUT2D eigenvalue weighted by molar-refractivity contribution is 7.64. The van der Waals surface area contributed by atoms with Gasteiger partial charge in [-0.25, -0.2) is 0 Å². The first-order valence-electron chi connectivity index (χ1n) is 7.85. The van der Waals surface area contributed by atoms with E-state index in [1.165, 1.54) is 33.5 Å². The Hall–Kier alpha value is -1.41. The van der Waals surface area contributed by atoms with Crippen molar-refractivity contribution in [1.29, 1.82) is 0 Å². The van der Waals surface area contributed by atoms with Gasteiger partial charge in [-0.3, -0.25) is 9.36 Å². The normalized spacial score (nSPS) is 11.1. The minimum Gasteiger partial charge on any atom is -0.496 e. The van der Waals surface area contributed by atoms with E-state index >= 15 is 0 Å². The quantitative estimate of drug-likeness (QED) is 0.423. The van der Waals surface area contributed by atoms with Gasteiger partial charge in [0.15, 0.2) is 0 Å². The van der Waals surface area contributed by atoms with Crippen LogP contribution < -0.4 is 9.47 Å². The fraction of sp³-hybridized carbons (Fsp3) is 0.588. The Kier molecular flexibility index (Phi) is 8.76. The molecule has 0 heterocycles. The van der Waals surface area contributed by atoms with Crippen molar-refractivity contribution in [2.75, 3.05) is 20.4 Å². The summed E-state index contributed by atoms with van der Waals surface area (Å²) in [5.41, 5.74) is -0.0857. The van der Waals surface area contributed by atoms with Crippen molar-refractivity contribution in [3.05, 3.63) is 23.8 Å². The topological polar surface area (TPSA) is 52.6 Å². The van der Waals surface area contributed by atoms with Gasteiger partial charge in [0.25, 0.3) is 0 Å². The van der Waals surface area contributed by atoms with Crippen molar-refractivity contribution in [2.45, 2.75) is 45.4 Å². The maximum absolute atomic E-state index is 12.4. The number of benzene rings is 1. The van der Waals surface area contributed by atoms with Gasteiger partial charge in [-0.05, 0) is 18.6 Å². The van der Waals surface area contributed by atoms with E-state index in [-0.39, 0.29) is 5.52 Å². The fourth-order valence-electron chi connectivity index (χ4n) is 2.32. The van der Waals surface area contributed by atoms with E-state index in [1.54, 1.807) is 18.2 Å². The molecule has 0 saturated carbocycles. The number of methoxy groups -OCH3 is 2. The van der Waals surface area contributed by atoms with E-state index in [2.05, 4.69) is 6.92 Å². The Morgan fingerprint density at radius 3 is 2.09 bits per heavy atom. The average molecular weight is 325 g/mol. The zero-order chi connectivity index (χ0) is 16.4. The van der Waals surface area contributed by atoms with Gasteiger partial charge in [0, 0.05) is 6.16 Å². The van der Waals surface area contributed by atoms with Gasteiger partial charge < -0.3 is 9.47 Å². The molecule has 0 N–H and O–H groups in total. The van der Waals surface area contributed by atoms with Crippen LogP contribution in [0.1, 0.15) is 55.8 Å². The van der Waals surface area contributed by atoms with Crippen molar-refractivity contribution >= 4 is 13.3 Å². The van der Waals surface area contributed by atoms with Crippen LogP contribution in [0.3, 0.4) is 0 Å². The molecule has 1 unspecified atom stereocenters. The molecule has 4 nitrogen and oxygen atoms in total. The molecule has 0 fully saturated rings. The zero-order valence-electron chi connectivity index (χ0n) is 13.8. The molecule has 1 atom stereocenters. The second kappa shape index (κ2) is 10.3. The molecule has 123 valence electrons. The summed E-state index contributed by atoms with van der Waals surface area (Å²) in [5, 5.41) is 0. The van der Waals surface area contributed by atoms with Crippen LogP contribution in [0.5, 0.6) is 11.5 Å². The molecular formula is C17H26O4P. The van der Waals surface area contributed by atoms with E-state index in [9.17, 15) is 9.36 Å². The van der Waals surface area contributed by atoms with Crippen molar-refractivity contribution in [2.24, 2.45) is 0 Å². The van der Waals surface area contributed by atoms with Gasteiger partial charge in [0.1, 0.15) is 24.9 Å². The predicted molar refractivity (Wildman–Crippen MR) is 89.7 cm³/mol. The maximum atomic E-state index is 12.4. The van der Waals surface area contributed by atoms with Crippen LogP contribution in [0.4, 0.5) is 0 Å². The Balaban J connectivity index is 2.62. The summed E-state index contributed by atoms with van der Waals surface area (Å²) in [6.07, 6.45) is 7.08. The summed E-state index contributed by atoms with van der Waals surface area (Å²) in [6, 6.07) is 5.11. The van der Waals surface area contributed by atoms with Gasteiger partial charge >= 0.3 is 0 Å². The monoisotopic (exact) mass is 325 g/mol. The molecule has 1 radical (unpaired) electrons. The summed E-state index contributed by atoms with van der Waals surface area (Å²) < 4.78 is 22.7. The average Bonchev–Trinajstić information content (AvgIpc) is 2.56. The maximum Gasteiger partial charge on any atom is 0.249 e. The molecule has 0 aliphatic heterocycles. The van der Waals surface area contributed by atoms with Crippen molar-refractivity contribution in [3.63, 3.8) is 0 Å². The van der Waals surface area contributed by atoms with E-state index < -0.39 is 7.80 Å². The Labute approximate surface area is 134 Å². The third-order valence-electron chi connectivity index (χ3n) is 3.58. The molecule has 22 heavy (non-hydrogen) atoms. The molecule has 1 aromatic carbocycles. The number of ether oxygens (including phenoxy) is 2. The molecule has 1 aromatic rings. The van der Waals surface area contributed by atoms with Crippen LogP contribution in [0.2, 0.25) is 0 Å². The molecule has 0 saturated heterocycles. The molecule has 0 aromatic heterocycles. The number of unbranched alkanes of at least 4 members (excludes halogenated alkanes) is 5. The summed E-state index contributed by atoms with van der Waals surface area (Å²) in [4.78, 5) is 12.4. The van der Waals surface area contributed by atoms with E-state index in [0.717, 1.165) is 19.3 Å². The SMILES string of the molecule is CCCCCCCC[P](=O)C(=O)c1c(OC)cccc1OC. The minimum absolute atomic E-state index is 0.291. The van der Waals surface area contributed by atoms with Crippen LogP contribution in [-0.4, -0.2) is 25.9 Å². The van der Waals surface area contributed by atoms with Crippen LogP contribution in [-0.2, 0) is 4.57 Å². The summed E-state index contributed by atoms with van der Waals surface area (Å²) >= 11 is 0. The molecule has 0 bridgehead atoms. The van der Waals surface area contributed by atoms with Crippen molar-refractivity contribution < 1.29 is 18.8 Å². The van der Waals surface area contributed by atoms with Crippen LogP contribution >= 0.6 is 7.80 Å². The van der Waals surface area contributed by atoms with E-state index in [4.69, 9.17) is 9.47 Å². The van der Waals surface area contributed by atoms with Crippen molar-refractivity contribution in [3.8, 4) is 11.5 Å². The number of carbonyl (C=O) groups is 1. The lowest BCUT2D eigenvalue weighted by Gasteiger charge is -2.11. The fourth-order valence-corrected chi connectivity index (χ4v) is 3.51. The van der Waals surface area contributed by atoms with Gasteiger partial charge in [-0.1, -0.05) is 45.1 Å². The lowest BCUT2D eigenvalue weighted by atomic mass is 10.1. The second-order valence-corrected chi connectivity index (χ2v) is 6.82. The lowest BCUT2D eigenvalue weighted by Crippen LogP contribution is -2.03. The molecule has 1 rings (SSSR count). The second-order valence-electron chi connectivity index (χ2n) is 5.21. The summed E-state index contributed by atoms with van der Waals surface area (Å²) in [6.45, 7) is 2.18. The summed E-state index contributed by atoms with van der Waals surface area (Å²) in [5.74, 6) is 0.825. The van der Waals surface area contributed by atoms with Crippen LogP contribution in [0.15, 0.2) is 18.2 Å². The summed E-state index contributed by atoms with van der Waals surface area (Å²) in [7, 11) is 1.05. The largest absolute Gasteiger partial charge is 0.496 e. The number of hydrogen-bond acceptors (Lipinski definition) is 4. The lowest BCUT2D eigenvalue weighted by molar-refractivity contribution is 0.107. The van der Waals surface area contributed by atoms with Gasteiger partial charge in [-0.15, -0.1) is 0 Å². The smallest absolute Gasteiger partial charge is 0.249 e. The van der Waals surface area contributed by atoms with Crippen LogP contribution in [0, 0.1) is 0 Å². The van der Waals surface area contributed by atoms with Crippen molar-refractivity contribution in [1.82, 2.24) is 0 Å². The molecular weight excluding hydrogens is 299 g/mol. The number of rotatable bonds is 11. The highest BCUT2D eigenvalue weighted by atomic mass is 31.1. The first-order chi connectivity index (χ1) is 10.7. The Morgan fingerprint density at radius 2 is 1.55 bits per heavy atom. The van der Waals surface area contributed by atoms with E-state index in [1.807, 2.05) is 0 Å². The first-order valence-corrected chi connectivity index (χ1v) is 9.30. The highest BCUT2D eigenvalue weighted by Gasteiger charge is 2.23. The number of hydrogen-bond donors (Lipinski definition) is 0.